The molecule has 0 radical (unpaired) electrons. The van der Waals surface area contributed by atoms with Crippen LogP contribution in [0.4, 0.5) is 11.4 Å². The maximum absolute atomic E-state index is 11.2. The van der Waals surface area contributed by atoms with Crippen LogP contribution >= 0.6 is 15.9 Å². The lowest BCUT2D eigenvalue weighted by Crippen LogP contribution is -2.40. The number of nitro groups is 1. The molecule has 3 rings (SSSR count). The van der Waals surface area contributed by atoms with Crippen LogP contribution in [0.5, 0.6) is 0 Å². The second-order valence-electron chi connectivity index (χ2n) is 5.26. The Morgan fingerprint density at radius 2 is 2.26 bits per heavy atom. The van der Waals surface area contributed by atoms with Gasteiger partial charge in [-0.25, -0.2) is 0 Å². The van der Waals surface area contributed by atoms with Gasteiger partial charge in [-0.15, -0.1) is 0 Å². The first-order chi connectivity index (χ1) is 9.15. The Balaban J connectivity index is 1.88. The van der Waals surface area contributed by atoms with E-state index in [9.17, 15) is 10.1 Å². The van der Waals surface area contributed by atoms with Crippen molar-refractivity contribution in [2.45, 2.75) is 18.9 Å². The van der Waals surface area contributed by atoms with Gasteiger partial charge < -0.3 is 10.2 Å². The van der Waals surface area contributed by atoms with Crippen molar-refractivity contribution in [2.24, 2.45) is 5.92 Å². The standard InChI is InChI=1S/C13H16BrN3O2/c14-10-3-4-12(13(6-10)17(18)19)16-7-9-2-1-5-15-11(9)8-16/h3-4,6,9,11,15H,1-2,5,7-8H2/t9-,11+/m0/s1. The van der Waals surface area contributed by atoms with E-state index in [2.05, 4.69) is 26.1 Å². The zero-order valence-electron chi connectivity index (χ0n) is 10.5. The molecule has 102 valence electrons. The number of rotatable bonds is 2. The third kappa shape index (κ3) is 2.47. The lowest BCUT2D eigenvalue weighted by molar-refractivity contribution is -0.384. The van der Waals surface area contributed by atoms with E-state index < -0.39 is 0 Å². The first-order valence-electron chi connectivity index (χ1n) is 6.57. The Morgan fingerprint density at radius 3 is 3.00 bits per heavy atom. The molecule has 1 aromatic rings. The average Bonchev–Trinajstić information content (AvgIpc) is 2.82. The monoisotopic (exact) mass is 325 g/mol. The Hall–Kier alpha value is -1.14. The summed E-state index contributed by atoms with van der Waals surface area (Å²) in [5.41, 5.74) is 0.928. The number of nitro benzene ring substituents is 1. The minimum atomic E-state index is -0.296. The summed E-state index contributed by atoms with van der Waals surface area (Å²) in [6, 6.07) is 5.79. The van der Waals surface area contributed by atoms with Gasteiger partial charge in [-0.05, 0) is 37.4 Å². The fraction of sp³-hybridized carbons (Fsp3) is 0.538. The SMILES string of the molecule is O=[N+]([O-])c1cc(Br)ccc1N1C[C@@H]2CCCN[C@@H]2C1. The van der Waals surface area contributed by atoms with E-state index in [1.807, 2.05) is 12.1 Å². The molecule has 0 aromatic heterocycles. The number of hydrogen-bond acceptors (Lipinski definition) is 4. The number of anilines is 1. The van der Waals surface area contributed by atoms with Crippen molar-refractivity contribution in [2.75, 3.05) is 24.5 Å². The molecule has 2 aliphatic rings. The second kappa shape index (κ2) is 5.09. The third-order valence-electron chi connectivity index (χ3n) is 4.07. The smallest absolute Gasteiger partial charge is 0.293 e. The van der Waals surface area contributed by atoms with Crippen LogP contribution in [-0.2, 0) is 0 Å². The predicted octanol–water partition coefficient (Wildman–Crippen LogP) is 2.55. The summed E-state index contributed by atoms with van der Waals surface area (Å²) in [6.45, 7) is 2.85. The number of nitrogens with one attached hydrogen (secondary N) is 1. The summed E-state index contributed by atoms with van der Waals surface area (Å²) in [5, 5.41) is 14.7. The van der Waals surface area contributed by atoms with Crippen LogP contribution in [0.25, 0.3) is 0 Å². The fourth-order valence-electron chi connectivity index (χ4n) is 3.15. The quantitative estimate of drug-likeness (QED) is 0.670. The van der Waals surface area contributed by atoms with E-state index in [-0.39, 0.29) is 10.6 Å². The molecule has 0 aliphatic carbocycles. The van der Waals surface area contributed by atoms with Crippen LogP contribution in [0, 0.1) is 16.0 Å². The summed E-state index contributed by atoms with van der Waals surface area (Å²) >= 11 is 3.30. The summed E-state index contributed by atoms with van der Waals surface area (Å²) in [7, 11) is 0. The van der Waals surface area contributed by atoms with E-state index >= 15 is 0 Å². The molecule has 1 aromatic carbocycles. The molecule has 1 N–H and O–H groups in total. The van der Waals surface area contributed by atoms with Crippen LogP contribution in [-0.4, -0.2) is 30.6 Å². The minimum absolute atomic E-state index is 0.188. The number of benzene rings is 1. The molecule has 5 nitrogen and oxygen atoms in total. The van der Waals surface area contributed by atoms with Gasteiger partial charge in [0.2, 0.25) is 0 Å². The molecular weight excluding hydrogens is 310 g/mol. The maximum Gasteiger partial charge on any atom is 0.293 e. The first-order valence-corrected chi connectivity index (χ1v) is 7.37. The predicted molar refractivity (Wildman–Crippen MR) is 77.5 cm³/mol. The maximum atomic E-state index is 11.2. The van der Waals surface area contributed by atoms with Crippen molar-refractivity contribution >= 4 is 27.3 Å². The lowest BCUT2D eigenvalue weighted by Gasteiger charge is -2.24. The van der Waals surface area contributed by atoms with E-state index in [1.165, 1.54) is 12.8 Å². The van der Waals surface area contributed by atoms with E-state index in [1.54, 1.807) is 6.07 Å². The molecule has 2 fully saturated rings. The average molecular weight is 326 g/mol. The number of piperidine rings is 1. The highest BCUT2D eigenvalue weighted by Crippen LogP contribution is 2.36. The molecule has 2 aliphatic heterocycles. The van der Waals surface area contributed by atoms with Crippen molar-refractivity contribution in [1.82, 2.24) is 5.32 Å². The van der Waals surface area contributed by atoms with Gasteiger partial charge in [-0.2, -0.15) is 0 Å². The van der Waals surface area contributed by atoms with Gasteiger partial charge in [0.25, 0.3) is 5.69 Å². The topological polar surface area (TPSA) is 58.4 Å². The van der Waals surface area contributed by atoms with E-state index in [0.29, 0.717) is 12.0 Å². The van der Waals surface area contributed by atoms with Crippen LogP contribution in [0.1, 0.15) is 12.8 Å². The number of halogens is 1. The molecule has 2 saturated heterocycles. The van der Waals surface area contributed by atoms with Crippen LogP contribution in [0.15, 0.2) is 22.7 Å². The van der Waals surface area contributed by atoms with Gasteiger partial charge in [-0.1, -0.05) is 15.9 Å². The Kier molecular flexibility index (Phi) is 3.45. The summed E-state index contributed by atoms with van der Waals surface area (Å²) < 4.78 is 0.748. The molecule has 6 heteroatoms. The molecule has 0 bridgehead atoms. The van der Waals surface area contributed by atoms with Gasteiger partial charge in [-0.3, -0.25) is 10.1 Å². The molecule has 2 atom stereocenters. The van der Waals surface area contributed by atoms with E-state index in [4.69, 9.17) is 0 Å². The molecule has 0 unspecified atom stereocenters. The number of fused-ring (bicyclic) bond motifs is 1. The zero-order chi connectivity index (χ0) is 13.4. The van der Waals surface area contributed by atoms with Gasteiger partial charge in [0.15, 0.2) is 0 Å². The Morgan fingerprint density at radius 1 is 1.42 bits per heavy atom. The Bertz CT molecular complexity index is 495. The summed E-state index contributed by atoms with van der Waals surface area (Å²) in [5.74, 6) is 0.622. The van der Waals surface area contributed by atoms with Crippen molar-refractivity contribution in [3.8, 4) is 0 Å². The fourth-order valence-corrected chi connectivity index (χ4v) is 3.50. The minimum Gasteiger partial charge on any atom is -0.364 e. The number of nitrogens with zero attached hydrogens (tertiary/aromatic N) is 2. The van der Waals surface area contributed by atoms with Gasteiger partial charge in [0.05, 0.1) is 4.92 Å². The van der Waals surface area contributed by atoms with Gasteiger partial charge in [0.1, 0.15) is 5.69 Å². The third-order valence-corrected chi connectivity index (χ3v) is 4.57. The summed E-state index contributed by atoms with van der Waals surface area (Å²) in [6.07, 6.45) is 2.43. The summed E-state index contributed by atoms with van der Waals surface area (Å²) in [4.78, 5) is 13.0. The zero-order valence-corrected chi connectivity index (χ0v) is 12.1. The molecule has 2 heterocycles. The highest BCUT2D eigenvalue weighted by Gasteiger charge is 2.36. The van der Waals surface area contributed by atoms with Crippen LogP contribution < -0.4 is 10.2 Å². The highest BCUT2D eigenvalue weighted by molar-refractivity contribution is 9.10. The van der Waals surface area contributed by atoms with Crippen molar-refractivity contribution in [3.63, 3.8) is 0 Å². The number of hydrogen-bond donors (Lipinski definition) is 1. The van der Waals surface area contributed by atoms with Crippen LogP contribution in [0.2, 0.25) is 0 Å². The van der Waals surface area contributed by atoms with Crippen molar-refractivity contribution in [1.29, 1.82) is 0 Å². The van der Waals surface area contributed by atoms with Gasteiger partial charge in [0, 0.05) is 29.7 Å². The van der Waals surface area contributed by atoms with Crippen LogP contribution in [0.3, 0.4) is 0 Å². The highest BCUT2D eigenvalue weighted by atomic mass is 79.9. The van der Waals surface area contributed by atoms with E-state index in [0.717, 1.165) is 29.8 Å². The first kappa shape index (κ1) is 12.9. The molecular formula is C13H16BrN3O2. The Labute approximate surface area is 120 Å². The largest absolute Gasteiger partial charge is 0.364 e. The van der Waals surface area contributed by atoms with Gasteiger partial charge >= 0.3 is 0 Å². The molecule has 0 amide bonds. The normalized spacial score (nSPS) is 26.3. The molecule has 0 saturated carbocycles. The second-order valence-corrected chi connectivity index (χ2v) is 6.17. The molecule has 19 heavy (non-hydrogen) atoms. The molecule has 0 spiro atoms. The van der Waals surface area contributed by atoms with Crippen molar-refractivity contribution in [3.05, 3.63) is 32.8 Å². The lowest BCUT2D eigenvalue weighted by atomic mass is 9.94. The van der Waals surface area contributed by atoms with Crippen molar-refractivity contribution < 1.29 is 4.92 Å².